The van der Waals surface area contributed by atoms with E-state index < -0.39 is 8.07 Å². The zero-order chi connectivity index (χ0) is 37.0. The molecule has 0 N–H and O–H groups in total. The Hall–Kier alpha value is -4.42. The summed E-state index contributed by atoms with van der Waals surface area (Å²) in [5.41, 5.74) is 9.21. The fraction of sp³-hybridized carbons (Fsp3) is 0.283. The summed E-state index contributed by atoms with van der Waals surface area (Å²) < 4.78 is 8.60. The summed E-state index contributed by atoms with van der Waals surface area (Å²) in [7, 11) is -1.37. The maximum absolute atomic E-state index is 6.27. The molecule has 1 radical (unpaired) electrons. The number of fused-ring (bicyclic) bond motifs is 6. The summed E-state index contributed by atoms with van der Waals surface area (Å²) in [6.45, 7) is 22.8. The second-order valence-electron chi connectivity index (χ2n) is 17.1. The van der Waals surface area contributed by atoms with Crippen molar-refractivity contribution in [1.82, 2.24) is 19.5 Å². The molecular weight excluding hydrogens is 845 g/mol. The van der Waals surface area contributed by atoms with E-state index in [1.165, 1.54) is 21.5 Å². The van der Waals surface area contributed by atoms with Gasteiger partial charge in [0.1, 0.15) is 0 Å². The van der Waals surface area contributed by atoms with Crippen LogP contribution < -0.4 is 5.19 Å². The normalized spacial score (nSPS) is 12.3. The molecule has 7 heteroatoms. The second kappa shape index (κ2) is 14.4. The first-order valence-electron chi connectivity index (χ1n) is 18.2. The molecule has 0 saturated carbocycles. The number of furan rings is 1. The maximum Gasteiger partial charge on any atom is 0.216 e. The smallest absolute Gasteiger partial charge is 0.216 e. The molecule has 8 aromatic rings. The van der Waals surface area contributed by atoms with Crippen molar-refractivity contribution in [2.75, 3.05) is 0 Å². The van der Waals surface area contributed by atoms with Gasteiger partial charge in [-0.25, -0.2) is 4.98 Å². The van der Waals surface area contributed by atoms with Crippen LogP contribution in [0.3, 0.4) is 0 Å². The van der Waals surface area contributed by atoms with Gasteiger partial charge in [0.2, 0.25) is 5.71 Å². The van der Waals surface area contributed by atoms with E-state index in [0.29, 0.717) is 5.71 Å². The van der Waals surface area contributed by atoms with E-state index in [2.05, 4.69) is 151 Å². The van der Waals surface area contributed by atoms with Gasteiger partial charge in [0.15, 0.2) is 0 Å². The van der Waals surface area contributed by atoms with Crippen molar-refractivity contribution in [1.29, 1.82) is 0 Å². The molecule has 0 aliphatic carbocycles. The van der Waals surface area contributed by atoms with Gasteiger partial charge in [-0.1, -0.05) is 100 Å². The molecule has 0 bridgehead atoms. The van der Waals surface area contributed by atoms with E-state index in [4.69, 9.17) is 14.4 Å². The number of nitrogens with zero attached hydrogens (tertiary/aromatic N) is 4. The summed E-state index contributed by atoms with van der Waals surface area (Å²) in [6, 6.07) is 35.9. The Morgan fingerprint density at radius 1 is 0.830 bits per heavy atom. The quantitative estimate of drug-likeness (QED) is 0.130. The third kappa shape index (κ3) is 7.66. The van der Waals surface area contributed by atoms with Gasteiger partial charge in [0, 0.05) is 48.8 Å². The van der Waals surface area contributed by atoms with E-state index in [1.54, 1.807) is 6.20 Å². The number of hydrogen-bond donors (Lipinski definition) is 0. The van der Waals surface area contributed by atoms with Gasteiger partial charge >= 0.3 is 0 Å². The van der Waals surface area contributed by atoms with Gasteiger partial charge < -0.3 is 14.0 Å². The molecule has 53 heavy (non-hydrogen) atoms. The predicted molar refractivity (Wildman–Crippen MR) is 221 cm³/mol. The van der Waals surface area contributed by atoms with Crippen LogP contribution >= 0.6 is 0 Å². The zero-order valence-electron chi connectivity index (χ0n) is 32.5. The zero-order valence-corrected chi connectivity index (χ0v) is 35.9. The molecule has 0 saturated heterocycles. The van der Waals surface area contributed by atoms with Crippen molar-refractivity contribution in [3.63, 3.8) is 0 Å². The Morgan fingerprint density at radius 2 is 1.57 bits per heavy atom. The molecule has 0 spiro atoms. The molecule has 5 nitrogen and oxygen atoms in total. The summed E-state index contributed by atoms with van der Waals surface area (Å²) in [5, 5.41) is 5.99. The van der Waals surface area contributed by atoms with Crippen LogP contribution in [0, 0.1) is 24.5 Å². The van der Waals surface area contributed by atoms with E-state index in [0.717, 1.165) is 62.0 Å². The number of aromatic nitrogens is 4. The van der Waals surface area contributed by atoms with Crippen molar-refractivity contribution in [2.24, 2.45) is 5.41 Å². The topological polar surface area (TPSA) is 56.7 Å². The summed E-state index contributed by atoms with van der Waals surface area (Å²) in [4.78, 5) is 14.3. The van der Waals surface area contributed by atoms with E-state index >= 15 is 0 Å². The van der Waals surface area contributed by atoms with Crippen LogP contribution in [0.5, 0.6) is 0 Å². The third-order valence-corrected chi connectivity index (χ3v) is 11.5. The monoisotopic (exact) mass is 893 g/mol. The van der Waals surface area contributed by atoms with E-state index in [9.17, 15) is 0 Å². The molecule has 4 aromatic carbocycles. The maximum atomic E-state index is 6.27. The molecular formula is C46H48IrN4OSi-2. The Balaban J connectivity index is 0.000000193. The van der Waals surface area contributed by atoms with E-state index in [1.807, 2.05) is 30.3 Å². The fourth-order valence-electron chi connectivity index (χ4n) is 7.23. The molecule has 0 unspecified atom stereocenters. The van der Waals surface area contributed by atoms with Gasteiger partial charge in [-0.15, -0.1) is 53.6 Å². The van der Waals surface area contributed by atoms with Crippen molar-refractivity contribution in [2.45, 2.75) is 80.1 Å². The molecule has 4 heterocycles. The number of benzene rings is 4. The number of hydrogen-bond acceptors (Lipinski definition) is 4. The predicted octanol–water partition coefficient (Wildman–Crippen LogP) is 11.7. The Bertz CT molecular complexity index is 2570. The minimum absolute atomic E-state index is 0. The number of rotatable bonds is 4. The largest absolute Gasteiger partial charge is 0.486 e. The molecule has 8 rings (SSSR count). The molecule has 0 amide bonds. The standard InChI is InChI=1S/C27H22N3O.C19H26NSi.Ir/c1-16-11-13-20(24-22(16)19-10-7-15-28-26(19)31-24)25-29-21-14-12-17-8-5-6-9-18(17)23(21)30(25)27(2,3)4;1-19(2,3)13-16-12-17(15-10-8-7-9-11-15)20-14-18(16)21(4,5)6;/h5-12,14-15H,1-4H3;7-10,12,14H,13H2,1-6H3;/q2*-1;. The Kier molecular flexibility index (Phi) is 10.4. The summed E-state index contributed by atoms with van der Waals surface area (Å²) in [6.07, 6.45) is 4.97. The van der Waals surface area contributed by atoms with Crippen molar-refractivity contribution >= 4 is 57.1 Å². The molecule has 0 aliphatic heterocycles. The number of imidazole rings is 1. The van der Waals surface area contributed by atoms with Gasteiger partial charge in [-0.3, -0.25) is 4.98 Å². The SMILES string of the molecule is CC(C)(C)Cc1cc(-c2[c-]cccc2)ncc1[Si](C)(C)C.Cc1c[c-]c(-c2nc3ccc4ccccc4c3n2C(C)(C)C)c2oc3ncccc3c12.[Ir]. The van der Waals surface area contributed by atoms with Crippen LogP contribution in [-0.2, 0) is 32.1 Å². The fourth-order valence-corrected chi connectivity index (χ4v) is 8.81. The van der Waals surface area contributed by atoms with Crippen LogP contribution in [0.15, 0.2) is 102 Å². The van der Waals surface area contributed by atoms with E-state index in [-0.39, 0.29) is 31.1 Å². The van der Waals surface area contributed by atoms with Crippen LogP contribution in [0.2, 0.25) is 19.6 Å². The van der Waals surface area contributed by atoms with Crippen molar-refractivity contribution < 1.29 is 24.5 Å². The van der Waals surface area contributed by atoms with Gasteiger partial charge in [0.25, 0.3) is 0 Å². The second-order valence-corrected chi connectivity index (χ2v) is 22.1. The van der Waals surface area contributed by atoms with Crippen LogP contribution in [0.4, 0.5) is 0 Å². The average Bonchev–Trinajstić information content (AvgIpc) is 3.68. The molecule has 0 atom stereocenters. The van der Waals surface area contributed by atoms with Crippen LogP contribution in [0.25, 0.3) is 66.5 Å². The minimum atomic E-state index is -1.37. The minimum Gasteiger partial charge on any atom is -0.486 e. The Morgan fingerprint density at radius 3 is 2.26 bits per heavy atom. The van der Waals surface area contributed by atoms with Crippen LogP contribution in [-0.4, -0.2) is 27.6 Å². The van der Waals surface area contributed by atoms with Gasteiger partial charge in [0.05, 0.1) is 30.5 Å². The van der Waals surface area contributed by atoms with Gasteiger partial charge in [-0.2, -0.15) is 0 Å². The summed E-state index contributed by atoms with van der Waals surface area (Å²) >= 11 is 0. The summed E-state index contributed by atoms with van der Waals surface area (Å²) in [5.74, 6) is 0.864. The van der Waals surface area contributed by atoms with Crippen molar-refractivity contribution in [3.8, 4) is 22.6 Å². The Labute approximate surface area is 328 Å². The average molecular weight is 893 g/mol. The molecule has 4 aromatic heterocycles. The van der Waals surface area contributed by atoms with Gasteiger partial charge in [-0.05, 0) is 67.1 Å². The van der Waals surface area contributed by atoms with Crippen molar-refractivity contribution in [3.05, 3.63) is 121 Å². The van der Waals surface area contributed by atoms with Crippen LogP contribution in [0.1, 0.15) is 52.7 Å². The molecule has 273 valence electrons. The first kappa shape index (κ1) is 38.3. The molecule has 0 fully saturated rings. The first-order valence-corrected chi connectivity index (χ1v) is 21.7. The third-order valence-electron chi connectivity index (χ3n) is 9.46. The molecule has 0 aliphatic rings. The number of aryl methyl sites for hydroxylation is 1. The number of pyridine rings is 2. The first-order chi connectivity index (χ1) is 24.6.